The van der Waals surface area contributed by atoms with Crippen LogP contribution in [0.25, 0.3) is 0 Å². The fourth-order valence-electron chi connectivity index (χ4n) is 2.71. The molecule has 1 N–H and O–H groups in total. The van der Waals surface area contributed by atoms with Gasteiger partial charge in [0.15, 0.2) is 0 Å². The third-order valence-corrected chi connectivity index (χ3v) is 4.05. The molecule has 0 radical (unpaired) electrons. The zero-order valence-corrected chi connectivity index (χ0v) is 13.7. The maximum atomic E-state index is 10.3. The second-order valence-electron chi connectivity index (χ2n) is 6.07. The third kappa shape index (κ3) is 4.41. The molecule has 22 heavy (non-hydrogen) atoms. The molecule has 2 heterocycles. The first-order valence-corrected chi connectivity index (χ1v) is 7.67. The molecular weight excluding hydrogens is 278 g/mol. The number of pyridine rings is 1. The summed E-state index contributed by atoms with van der Waals surface area (Å²) in [7, 11) is 3.99. The fraction of sp³-hybridized carbons (Fsp3) is 0.625. The standard InChI is InChI=1S/C16H25N5O/c1-13-4-5-14(10-17)16(18-13)20(3)11-15(22)12-21-8-6-19(2)7-9-21/h4-5,15,22H,6-9,11-12H2,1-3H3. The second-order valence-corrected chi connectivity index (χ2v) is 6.07. The van der Waals surface area contributed by atoms with Gasteiger partial charge >= 0.3 is 0 Å². The highest BCUT2D eigenvalue weighted by Crippen LogP contribution is 2.16. The molecule has 0 aromatic carbocycles. The van der Waals surface area contributed by atoms with Crippen LogP contribution in [0, 0.1) is 18.3 Å². The lowest BCUT2D eigenvalue weighted by molar-refractivity contribution is 0.0842. The van der Waals surface area contributed by atoms with E-state index >= 15 is 0 Å². The second kappa shape index (κ2) is 7.54. The lowest BCUT2D eigenvalue weighted by Gasteiger charge is -2.34. The molecule has 2 rings (SSSR count). The summed E-state index contributed by atoms with van der Waals surface area (Å²) in [5, 5.41) is 19.5. The summed E-state index contributed by atoms with van der Waals surface area (Å²) in [6.45, 7) is 7.09. The van der Waals surface area contributed by atoms with Crippen LogP contribution in [0.15, 0.2) is 12.1 Å². The highest BCUT2D eigenvalue weighted by atomic mass is 16.3. The molecular formula is C16H25N5O. The average molecular weight is 303 g/mol. The summed E-state index contributed by atoms with van der Waals surface area (Å²) < 4.78 is 0. The topological polar surface area (TPSA) is 66.6 Å². The van der Waals surface area contributed by atoms with E-state index in [1.807, 2.05) is 24.9 Å². The van der Waals surface area contributed by atoms with Gasteiger partial charge in [-0.25, -0.2) is 4.98 Å². The molecule has 1 fully saturated rings. The zero-order valence-electron chi connectivity index (χ0n) is 13.7. The van der Waals surface area contributed by atoms with E-state index in [2.05, 4.69) is 27.9 Å². The van der Waals surface area contributed by atoms with Gasteiger partial charge in [-0.05, 0) is 26.1 Å². The summed E-state index contributed by atoms with van der Waals surface area (Å²) in [6, 6.07) is 5.77. The van der Waals surface area contributed by atoms with Gasteiger partial charge in [0.1, 0.15) is 11.9 Å². The number of nitrogens with zero attached hydrogens (tertiary/aromatic N) is 5. The van der Waals surface area contributed by atoms with E-state index in [1.54, 1.807) is 6.07 Å². The van der Waals surface area contributed by atoms with Crippen molar-refractivity contribution in [3.8, 4) is 6.07 Å². The Balaban J connectivity index is 1.92. The van der Waals surface area contributed by atoms with Crippen LogP contribution in [-0.4, -0.2) is 79.4 Å². The van der Waals surface area contributed by atoms with Gasteiger partial charge in [0, 0.05) is 52.0 Å². The lowest BCUT2D eigenvalue weighted by atomic mass is 10.2. The predicted octanol–water partition coefficient (Wildman–Crippen LogP) is 0.306. The maximum absolute atomic E-state index is 10.3. The lowest BCUT2D eigenvalue weighted by Crippen LogP contribution is -2.48. The van der Waals surface area contributed by atoms with Crippen LogP contribution in [0.5, 0.6) is 0 Å². The Morgan fingerprint density at radius 2 is 2.05 bits per heavy atom. The Kier molecular flexibility index (Phi) is 5.72. The molecule has 0 amide bonds. The minimum absolute atomic E-state index is 0.456. The first-order valence-electron chi connectivity index (χ1n) is 7.67. The number of aliphatic hydroxyl groups excluding tert-OH is 1. The number of hydrogen-bond acceptors (Lipinski definition) is 6. The molecule has 0 saturated carbocycles. The van der Waals surface area contributed by atoms with E-state index < -0.39 is 6.10 Å². The van der Waals surface area contributed by atoms with Crippen molar-refractivity contribution in [2.45, 2.75) is 13.0 Å². The molecule has 1 unspecified atom stereocenters. The molecule has 1 saturated heterocycles. The number of likely N-dealkylation sites (N-methyl/N-ethyl adjacent to an activating group) is 2. The van der Waals surface area contributed by atoms with Crippen LogP contribution in [0.1, 0.15) is 11.3 Å². The number of hydrogen-bond donors (Lipinski definition) is 1. The number of β-amino-alcohol motifs (C(OH)–C–C–N with tert-alkyl or cyclic N) is 1. The average Bonchev–Trinajstić information content (AvgIpc) is 2.49. The van der Waals surface area contributed by atoms with Crippen molar-refractivity contribution >= 4 is 5.82 Å². The van der Waals surface area contributed by atoms with E-state index in [4.69, 9.17) is 0 Å². The predicted molar refractivity (Wildman–Crippen MR) is 86.9 cm³/mol. The fourth-order valence-corrected chi connectivity index (χ4v) is 2.71. The highest BCUT2D eigenvalue weighted by Gasteiger charge is 2.19. The number of aromatic nitrogens is 1. The van der Waals surface area contributed by atoms with E-state index in [0.29, 0.717) is 24.5 Å². The van der Waals surface area contributed by atoms with Gasteiger partial charge in [0.05, 0.1) is 11.7 Å². The van der Waals surface area contributed by atoms with Crippen LogP contribution in [0.4, 0.5) is 5.82 Å². The van der Waals surface area contributed by atoms with E-state index in [9.17, 15) is 10.4 Å². The largest absolute Gasteiger partial charge is 0.390 e. The summed E-state index contributed by atoms with van der Waals surface area (Å²) in [6.07, 6.45) is -0.456. The zero-order chi connectivity index (χ0) is 16.1. The van der Waals surface area contributed by atoms with Crippen molar-refractivity contribution < 1.29 is 5.11 Å². The Bertz CT molecular complexity index is 534. The van der Waals surface area contributed by atoms with Gasteiger partial charge < -0.3 is 14.9 Å². The minimum Gasteiger partial charge on any atom is -0.390 e. The number of rotatable bonds is 5. The smallest absolute Gasteiger partial charge is 0.146 e. The first-order chi connectivity index (χ1) is 10.5. The first kappa shape index (κ1) is 16.7. The minimum atomic E-state index is -0.456. The summed E-state index contributed by atoms with van der Waals surface area (Å²) in [5.41, 5.74) is 1.41. The van der Waals surface area contributed by atoms with Gasteiger partial charge in [-0.1, -0.05) is 0 Å². The van der Waals surface area contributed by atoms with Crippen LogP contribution in [0.3, 0.4) is 0 Å². The molecule has 6 nitrogen and oxygen atoms in total. The molecule has 120 valence electrons. The summed E-state index contributed by atoms with van der Waals surface area (Å²) in [4.78, 5) is 10.9. The Morgan fingerprint density at radius 1 is 1.36 bits per heavy atom. The van der Waals surface area contributed by atoms with Crippen LogP contribution in [-0.2, 0) is 0 Å². The SMILES string of the molecule is Cc1ccc(C#N)c(N(C)CC(O)CN2CCN(C)CC2)n1. The van der Waals surface area contributed by atoms with E-state index in [-0.39, 0.29) is 0 Å². The Morgan fingerprint density at radius 3 is 2.68 bits per heavy atom. The van der Waals surface area contributed by atoms with Crippen molar-refractivity contribution in [2.24, 2.45) is 0 Å². The molecule has 1 aromatic rings. The highest BCUT2D eigenvalue weighted by molar-refractivity contribution is 5.53. The van der Waals surface area contributed by atoms with E-state index in [0.717, 1.165) is 31.9 Å². The van der Waals surface area contributed by atoms with Crippen molar-refractivity contribution in [3.63, 3.8) is 0 Å². The van der Waals surface area contributed by atoms with Crippen molar-refractivity contribution in [1.29, 1.82) is 5.26 Å². The van der Waals surface area contributed by atoms with Crippen LogP contribution >= 0.6 is 0 Å². The van der Waals surface area contributed by atoms with Gasteiger partial charge in [0.2, 0.25) is 0 Å². The molecule has 0 bridgehead atoms. The summed E-state index contributed by atoms with van der Waals surface area (Å²) >= 11 is 0. The van der Waals surface area contributed by atoms with Crippen LogP contribution in [0.2, 0.25) is 0 Å². The molecule has 1 aliphatic rings. The molecule has 1 aromatic heterocycles. The maximum Gasteiger partial charge on any atom is 0.146 e. The number of piperazine rings is 1. The van der Waals surface area contributed by atoms with Gasteiger partial charge in [-0.3, -0.25) is 4.90 Å². The Labute approximate surface area is 132 Å². The summed E-state index contributed by atoms with van der Waals surface area (Å²) in [5.74, 6) is 0.639. The van der Waals surface area contributed by atoms with E-state index in [1.165, 1.54) is 0 Å². The molecule has 1 aliphatic heterocycles. The van der Waals surface area contributed by atoms with Crippen molar-refractivity contribution in [1.82, 2.24) is 14.8 Å². The van der Waals surface area contributed by atoms with Gasteiger partial charge in [-0.15, -0.1) is 0 Å². The van der Waals surface area contributed by atoms with Crippen molar-refractivity contribution in [2.75, 3.05) is 58.3 Å². The monoisotopic (exact) mass is 303 g/mol. The van der Waals surface area contributed by atoms with Crippen LogP contribution < -0.4 is 4.90 Å². The number of nitriles is 1. The molecule has 0 spiro atoms. The Hall–Kier alpha value is -1.68. The van der Waals surface area contributed by atoms with Crippen molar-refractivity contribution in [3.05, 3.63) is 23.4 Å². The number of aryl methyl sites for hydroxylation is 1. The molecule has 6 heteroatoms. The molecule has 0 aliphatic carbocycles. The van der Waals surface area contributed by atoms with Gasteiger partial charge in [0.25, 0.3) is 0 Å². The molecule has 1 atom stereocenters. The number of aliphatic hydroxyl groups is 1. The quantitative estimate of drug-likeness (QED) is 0.844. The van der Waals surface area contributed by atoms with Gasteiger partial charge in [-0.2, -0.15) is 5.26 Å². The normalized spacial score (nSPS) is 18.0. The third-order valence-electron chi connectivity index (χ3n) is 4.05. The number of anilines is 1.